The number of methoxy groups -OCH3 is 1. The molecule has 0 spiro atoms. The first-order valence-corrected chi connectivity index (χ1v) is 9.14. The minimum Gasteiger partial charge on any atom is -0.465 e. The first-order valence-electron chi connectivity index (χ1n) is 7.91. The zero-order valence-electron chi connectivity index (χ0n) is 15.1. The number of thiocarbonyl (C=S) groups is 1. The van der Waals surface area contributed by atoms with Crippen molar-refractivity contribution in [3.63, 3.8) is 0 Å². The lowest BCUT2D eigenvalue weighted by Crippen LogP contribution is -2.39. The van der Waals surface area contributed by atoms with Crippen LogP contribution in [0.3, 0.4) is 0 Å². The molecule has 6 heteroatoms. The van der Waals surface area contributed by atoms with E-state index in [1.807, 2.05) is 13.8 Å². The number of hydrogen-bond donors (Lipinski definition) is 1. The zero-order chi connectivity index (χ0) is 17.7. The van der Waals surface area contributed by atoms with Gasteiger partial charge in [-0.15, -0.1) is 11.3 Å². The summed E-state index contributed by atoms with van der Waals surface area (Å²) in [6.07, 6.45) is 0. The Morgan fingerprint density at radius 1 is 1.22 bits per heavy atom. The van der Waals surface area contributed by atoms with Crippen molar-refractivity contribution in [2.24, 2.45) is 11.8 Å². The van der Waals surface area contributed by atoms with Gasteiger partial charge in [-0.2, -0.15) is 0 Å². The molecule has 1 rings (SSSR count). The Morgan fingerprint density at radius 2 is 1.74 bits per heavy atom. The lowest BCUT2D eigenvalue weighted by atomic mass is 10.1. The van der Waals surface area contributed by atoms with Crippen LogP contribution >= 0.6 is 23.6 Å². The van der Waals surface area contributed by atoms with E-state index >= 15 is 0 Å². The molecule has 1 heterocycles. The van der Waals surface area contributed by atoms with E-state index in [4.69, 9.17) is 17.0 Å². The molecule has 0 aromatic carbocycles. The van der Waals surface area contributed by atoms with Crippen LogP contribution in [0.15, 0.2) is 0 Å². The highest BCUT2D eigenvalue weighted by molar-refractivity contribution is 7.80. The van der Waals surface area contributed by atoms with Crippen molar-refractivity contribution in [1.82, 2.24) is 4.90 Å². The molecule has 130 valence electrons. The number of ether oxygens (including phenoxy) is 1. The Labute approximate surface area is 149 Å². The maximum Gasteiger partial charge on any atom is 0.341 e. The summed E-state index contributed by atoms with van der Waals surface area (Å²) in [5.41, 5.74) is 1.54. The van der Waals surface area contributed by atoms with Gasteiger partial charge in [0.1, 0.15) is 5.00 Å². The number of carbonyl (C=O) groups is 1. The molecule has 0 aliphatic rings. The van der Waals surface area contributed by atoms with Crippen LogP contribution in [0.1, 0.15) is 48.5 Å². The van der Waals surface area contributed by atoms with Gasteiger partial charge in [0.25, 0.3) is 0 Å². The topological polar surface area (TPSA) is 41.6 Å². The number of anilines is 1. The number of esters is 1. The maximum atomic E-state index is 12.1. The fraction of sp³-hybridized carbons (Fsp3) is 0.647. The van der Waals surface area contributed by atoms with Crippen LogP contribution in [0.2, 0.25) is 0 Å². The van der Waals surface area contributed by atoms with Crippen LogP contribution in [0.4, 0.5) is 5.00 Å². The van der Waals surface area contributed by atoms with Gasteiger partial charge in [0, 0.05) is 18.0 Å². The molecule has 0 aliphatic carbocycles. The van der Waals surface area contributed by atoms with Gasteiger partial charge >= 0.3 is 5.97 Å². The molecule has 0 saturated heterocycles. The Bertz CT molecular complexity index is 555. The molecule has 23 heavy (non-hydrogen) atoms. The smallest absolute Gasteiger partial charge is 0.341 e. The van der Waals surface area contributed by atoms with Crippen LogP contribution in [0.25, 0.3) is 0 Å². The molecular weight excluding hydrogens is 328 g/mol. The van der Waals surface area contributed by atoms with E-state index in [0.717, 1.165) is 28.5 Å². The summed E-state index contributed by atoms with van der Waals surface area (Å²) < 4.78 is 4.91. The second-order valence-electron chi connectivity index (χ2n) is 6.60. The van der Waals surface area contributed by atoms with Crippen LogP contribution in [-0.2, 0) is 4.74 Å². The number of thiophene rings is 1. The maximum absolute atomic E-state index is 12.1. The molecule has 0 atom stereocenters. The van der Waals surface area contributed by atoms with Crippen molar-refractivity contribution in [3.05, 3.63) is 16.0 Å². The summed E-state index contributed by atoms with van der Waals surface area (Å²) in [4.78, 5) is 15.3. The minimum absolute atomic E-state index is 0.323. The summed E-state index contributed by atoms with van der Waals surface area (Å²) in [6.45, 7) is 14.4. The van der Waals surface area contributed by atoms with Crippen LogP contribution < -0.4 is 5.32 Å². The van der Waals surface area contributed by atoms with Crippen molar-refractivity contribution < 1.29 is 9.53 Å². The van der Waals surface area contributed by atoms with E-state index in [9.17, 15) is 4.79 Å². The summed E-state index contributed by atoms with van der Waals surface area (Å²) in [5, 5.41) is 4.71. The van der Waals surface area contributed by atoms with E-state index in [1.54, 1.807) is 11.3 Å². The number of carbonyl (C=O) groups excluding carboxylic acids is 1. The van der Waals surface area contributed by atoms with E-state index < -0.39 is 0 Å². The number of nitrogens with one attached hydrogen (secondary N) is 1. The fourth-order valence-electron chi connectivity index (χ4n) is 2.36. The first-order chi connectivity index (χ1) is 10.7. The molecule has 1 aromatic rings. The summed E-state index contributed by atoms with van der Waals surface area (Å²) >= 11 is 7.14. The Morgan fingerprint density at radius 3 is 2.17 bits per heavy atom. The van der Waals surface area contributed by atoms with E-state index in [-0.39, 0.29) is 5.97 Å². The van der Waals surface area contributed by atoms with Gasteiger partial charge in [0.2, 0.25) is 0 Å². The first kappa shape index (κ1) is 19.9. The number of aryl methyl sites for hydroxylation is 1. The number of rotatable bonds is 6. The highest BCUT2D eigenvalue weighted by Crippen LogP contribution is 2.33. The summed E-state index contributed by atoms with van der Waals surface area (Å²) in [6, 6.07) is 0. The van der Waals surface area contributed by atoms with Crippen molar-refractivity contribution in [1.29, 1.82) is 0 Å². The molecule has 0 unspecified atom stereocenters. The molecule has 0 aliphatic heterocycles. The average Bonchev–Trinajstić information content (AvgIpc) is 2.71. The third-order valence-corrected chi connectivity index (χ3v) is 4.94. The minimum atomic E-state index is -0.323. The second-order valence-corrected chi connectivity index (χ2v) is 8.21. The Hall–Kier alpha value is -1.14. The van der Waals surface area contributed by atoms with Gasteiger partial charge in [-0.1, -0.05) is 27.7 Å². The van der Waals surface area contributed by atoms with Gasteiger partial charge in [0.05, 0.1) is 12.7 Å². The lowest BCUT2D eigenvalue weighted by molar-refractivity contribution is 0.0601. The summed E-state index contributed by atoms with van der Waals surface area (Å²) in [5.74, 6) is 0.706. The van der Waals surface area contributed by atoms with Crippen molar-refractivity contribution in [2.45, 2.75) is 41.5 Å². The molecule has 4 nitrogen and oxygen atoms in total. The third-order valence-electron chi connectivity index (χ3n) is 3.45. The highest BCUT2D eigenvalue weighted by atomic mass is 32.1. The van der Waals surface area contributed by atoms with Crippen LogP contribution in [-0.4, -0.2) is 36.2 Å². The van der Waals surface area contributed by atoms with Gasteiger partial charge < -0.3 is 15.0 Å². The van der Waals surface area contributed by atoms with E-state index in [2.05, 4.69) is 37.9 Å². The largest absolute Gasteiger partial charge is 0.465 e. The zero-order valence-corrected chi connectivity index (χ0v) is 16.8. The molecule has 0 bridgehead atoms. The quantitative estimate of drug-likeness (QED) is 0.602. The average molecular weight is 357 g/mol. The predicted molar refractivity (Wildman–Crippen MR) is 103 cm³/mol. The number of nitrogens with zero attached hydrogens (tertiary/aromatic N) is 1. The van der Waals surface area contributed by atoms with Crippen molar-refractivity contribution in [3.8, 4) is 0 Å². The molecule has 0 fully saturated rings. The van der Waals surface area contributed by atoms with Crippen LogP contribution in [0, 0.1) is 25.7 Å². The molecule has 1 N–H and O–H groups in total. The van der Waals surface area contributed by atoms with Crippen molar-refractivity contribution in [2.75, 3.05) is 25.5 Å². The molecule has 0 saturated carbocycles. The van der Waals surface area contributed by atoms with E-state index in [1.165, 1.54) is 7.11 Å². The Kier molecular flexibility index (Phi) is 7.48. The molecular formula is C17H28N2O2S2. The SMILES string of the molecule is COC(=O)c1c(NC(=S)N(CC(C)C)CC(C)C)sc(C)c1C. The van der Waals surface area contributed by atoms with Gasteiger partial charge in [-0.3, -0.25) is 0 Å². The van der Waals surface area contributed by atoms with Crippen LogP contribution in [0.5, 0.6) is 0 Å². The second kappa shape index (κ2) is 8.64. The van der Waals surface area contributed by atoms with Crippen molar-refractivity contribution >= 4 is 39.6 Å². The number of hydrogen-bond acceptors (Lipinski definition) is 4. The normalized spacial score (nSPS) is 11.0. The summed E-state index contributed by atoms with van der Waals surface area (Å²) in [7, 11) is 1.40. The van der Waals surface area contributed by atoms with Gasteiger partial charge in [0.15, 0.2) is 5.11 Å². The van der Waals surface area contributed by atoms with E-state index in [0.29, 0.717) is 22.5 Å². The molecule has 0 amide bonds. The van der Waals surface area contributed by atoms with Gasteiger partial charge in [-0.25, -0.2) is 4.79 Å². The predicted octanol–water partition coefficient (Wildman–Crippen LogP) is 4.46. The fourth-order valence-corrected chi connectivity index (χ4v) is 3.72. The monoisotopic (exact) mass is 356 g/mol. The lowest BCUT2D eigenvalue weighted by Gasteiger charge is -2.29. The molecule has 1 aromatic heterocycles. The standard InChI is InChI=1S/C17H28N2O2S2/c1-10(2)8-19(9-11(3)4)17(22)18-15-14(16(20)21-7)12(5)13(6)23-15/h10-11H,8-9H2,1-7H3,(H,18,22). The molecule has 0 radical (unpaired) electrons. The third kappa shape index (κ3) is 5.46. The Balaban J connectivity index is 3.02. The highest BCUT2D eigenvalue weighted by Gasteiger charge is 2.22. The van der Waals surface area contributed by atoms with Gasteiger partial charge in [-0.05, 0) is 43.5 Å².